The van der Waals surface area contributed by atoms with E-state index >= 15 is 0 Å². The van der Waals surface area contributed by atoms with Crippen LogP contribution in [-0.4, -0.2) is 33.6 Å². The van der Waals surface area contributed by atoms with Crippen molar-refractivity contribution in [3.05, 3.63) is 62.3 Å². The Morgan fingerprint density at radius 3 is 2.79 bits per heavy atom. The minimum Gasteiger partial charge on any atom is -0.477 e. The third-order valence-corrected chi connectivity index (χ3v) is 6.73. The number of hydrogen-bond acceptors (Lipinski definition) is 4. The molecule has 4 nitrogen and oxygen atoms in total. The quantitative estimate of drug-likeness (QED) is 0.544. The van der Waals surface area contributed by atoms with Crippen molar-refractivity contribution < 1.29 is 24.5 Å². The standard InChI is InChI=1S/C22H24ClFO4S/c23-15-9-13(8-14(10-15)12-25)4-6-18-17(19(24)11-20(18)26)3-1-2-16-5-7-21(29-16)22(27)28/h4-10,17-20,25-26H,1-3,11-12H2,(H,27,28)/t17-,18-,19-,20-/m1/s1. The molecule has 29 heavy (non-hydrogen) atoms. The van der Waals surface area contributed by atoms with Gasteiger partial charge in [0.25, 0.3) is 0 Å². The summed E-state index contributed by atoms with van der Waals surface area (Å²) in [6.07, 6.45) is 4.03. The summed E-state index contributed by atoms with van der Waals surface area (Å²) in [5.74, 6) is -1.50. The Morgan fingerprint density at radius 1 is 1.31 bits per heavy atom. The first-order valence-electron chi connectivity index (χ1n) is 9.60. The molecule has 1 aromatic carbocycles. The number of aryl methyl sites for hydroxylation is 1. The van der Waals surface area contributed by atoms with E-state index in [1.54, 1.807) is 24.3 Å². The highest BCUT2D eigenvalue weighted by molar-refractivity contribution is 7.13. The Morgan fingerprint density at radius 2 is 2.10 bits per heavy atom. The van der Waals surface area contributed by atoms with E-state index in [0.717, 1.165) is 16.9 Å². The Labute approximate surface area is 178 Å². The van der Waals surface area contributed by atoms with E-state index in [1.165, 1.54) is 11.3 Å². The first kappa shape index (κ1) is 22.0. The van der Waals surface area contributed by atoms with Gasteiger partial charge in [-0.15, -0.1) is 11.3 Å². The monoisotopic (exact) mass is 438 g/mol. The predicted octanol–water partition coefficient (Wildman–Crippen LogP) is 4.96. The van der Waals surface area contributed by atoms with Gasteiger partial charge in [0.1, 0.15) is 11.0 Å². The van der Waals surface area contributed by atoms with Gasteiger partial charge in [0.05, 0.1) is 12.7 Å². The number of alkyl halides is 1. The molecule has 0 bridgehead atoms. The third kappa shape index (κ3) is 5.66. The maximum Gasteiger partial charge on any atom is 0.345 e. The number of benzene rings is 1. The van der Waals surface area contributed by atoms with E-state index in [-0.39, 0.29) is 24.9 Å². The number of carboxylic acids is 1. The zero-order valence-electron chi connectivity index (χ0n) is 15.8. The molecule has 7 heteroatoms. The summed E-state index contributed by atoms with van der Waals surface area (Å²) in [7, 11) is 0. The number of rotatable bonds is 8. The zero-order valence-corrected chi connectivity index (χ0v) is 17.4. The molecule has 4 atom stereocenters. The predicted molar refractivity (Wildman–Crippen MR) is 113 cm³/mol. The van der Waals surface area contributed by atoms with Crippen LogP contribution >= 0.6 is 22.9 Å². The van der Waals surface area contributed by atoms with Crippen LogP contribution in [0.15, 0.2) is 36.4 Å². The average Bonchev–Trinajstić information content (AvgIpc) is 3.25. The lowest BCUT2D eigenvalue weighted by Gasteiger charge is -2.19. The highest BCUT2D eigenvalue weighted by Gasteiger charge is 2.40. The summed E-state index contributed by atoms with van der Waals surface area (Å²) in [5.41, 5.74) is 1.50. The molecule has 0 unspecified atom stereocenters. The number of halogens is 2. The van der Waals surface area contributed by atoms with Gasteiger partial charge in [-0.2, -0.15) is 0 Å². The van der Waals surface area contributed by atoms with E-state index in [0.29, 0.717) is 28.3 Å². The number of aliphatic hydroxyl groups excluding tert-OH is 2. The van der Waals surface area contributed by atoms with Gasteiger partial charge >= 0.3 is 5.97 Å². The van der Waals surface area contributed by atoms with Crippen molar-refractivity contribution >= 4 is 35.0 Å². The Kier molecular flexibility index (Phi) is 7.46. The lowest BCUT2D eigenvalue weighted by Crippen LogP contribution is -2.19. The van der Waals surface area contributed by atoms with Crippen molar-refractivity contribution in [2.75, 3.05) is 0 Å². The number of aromatic carboxylic acids is 1. The van der Waals surface area contributed by atoms with Crippen molar-refractivity contribution in [3.8, 4) is 0 Å². The minimum atomic E-state index is -1.06. The molecule has 2 aromatic rings. The molecular weight excluding hydrogens is 415 g/mol. The molecule has 0 saturated heterocycles. The van der Waals surface area contributed by atoms with Gasteiger partial charge in [-0.1, -0.05) is 23.8 Å². The second-order valence-corrected chi connectivity index (χ2v) is 9.04. The molecule has 1 aromatic heterocycles. The van der Waals surface area contributed by atoms with Gasteiger partial charge in [-0.05, 0) is 66.6 Å². The topological polar surface area (TPSA) is 77.8 Å². The summed E-state index contributed by atoms with van der Waals surface area (Å²) in [5, 5.41) is 29.1. The highest BCUT2D eigenvalue weighted by Crippen LogP contribution is 2.39. The van der Waals surface area contributed by atoms with E-state index < -0.39 is 18.2 Å². The van der Waals surface area contributed by atoms with Crippen LogP contribution in [-0.2, 0) is 13.0 Å². The second kappa shape index (κ2) is 9.85. The molecule has 1 fully saturated rings. The minimum absolute atomic E-state index is 0.116. The summed E-state index contributed by atoms with van der Waals surface area (Å²) in [4.78, 5) is 12.3. The zero-order chi connectivity index (χ0) is 21.0. The average molecular weight is 439 g/mol. The molecule has 156 valence electrons. The first-order valence-corrected chi connectivity index (χ1v) is 10.8. The van der Waals surface area contributed by atoms with Crippen LogP contribution in [0, 0.1) is 11.8 Å². The molecule has 0 amide bonds. The van der Waals surface area contributed by atoms with E-state index in [4.69, 9.17) is 16.7 Å². The van der Waals surface area contributed by atoms with Gasteiger partial charge in [-0.25, -0.2) is 9.18 Å². The molecule has 3 N–H and O–H groups in total. The maximum atomic E-state index is 14.5. The summed E-state index contributed by atoms with van der Waals surface area (Å²) in [6.45, 7) is -0.116. The van der Waals surface area contributed by atoms with Crippen molar-refractivity contribution in [3.63, 3.8) is 0 Å². The van der Waals surface area contributed by atoms with Crippen LogP contribution in [0.3, 0.4) is 0 Å². The second-order valence-electron chi connectivity index (χ2n) is 7.43. The molecule has 0 radical (unpaired) electrons. The molecule has 3 rings (SSSR count). The number of carbonyl (C=O) groups is 1. The van der Waals surface area contributed by atoms with Crippen molar-refractivity contribution in [1.29, 1.82) is 0 Å². The van der Waals surface area contributed by atoms with Gasteiger partial charge < -0.3 is 15.3 Å². The molecule has 1 aliphatic carbocycles. The number of carboxylic acid groups (broad SMARTS) is 1. The smallest absolute Gasteiger partial charge is 0.345 e. The van der Waals surface area contributed by atoms with Crippen LogP contribution in [0.1, 0.15) is 44.9 Å². The summed E-state index contributed by atoms with van der Waals surface area (Å²) >= 11 is 7.31. The molecular formula is C22H24ClFO4S. The largest absolute Gasteiger partial charge is 0.477 e. The first-order chi connectivity index (χ1) is 13.9. The molecule has 1 saturated carbocycles. The lowest BCUT2D eigenvalue weighted by atomic mass is 9.88. The van der Waals surface area contributed by atoms with Crippen molar-refractivity contribution in [2.45, 2.75) is 44.6 Å². The fraction of sp³-hybridized carbons (Fsp3) is 0.409. The SMILES string of the molecule is O=C(O)c1ccc(CCC[C@@H]2[C@@H](C=Cc3cc(Cl)cc(CO)c3)[C@H](O)C[C@H]2F)s1. The Hall–Kier alpha value is -1.73. The van der Waals surface area contributed by atoms with Crippen LogP contribution in [0.5, 0.6) is 0 Å². The number of hydrogen-bond donors (Lipinski definition) is 3. The van der Waals surface area contributed by atoms with Gasteiger partial charge in [0, 0.05) is 22.2 Å². The van der Waals surface area contributed by atoms with Crippen molar-refractivity contribution in [2.24, 2.45) is 11.8 Å². The van der Waals surface area contributed by atoms with Crippen molar-refractivity contribution in [1.82, 2.24) is 0 Å². The van der Waals surface area contributed by atoms with Gasteiger partial charge in [0.15, 0.2) is 0 Å². The molecule has 1 heterocycles. The lowest BCUT2D eigenvalue weighted by molar-refractivity contribution is 0.0702. The highest BCUT2D eigenvalue weighted by atomic mass is 35.5. The van der Waals surface area contributed by atoms with Crippen LogP contribution in [0.2, 0.25) is 5.02 Å². The van der Waals surface area contributed by atoms with Crippen LogP contribution < -0.4 is 0 Å². The summed E-state index contributed by atoms with van der Waals surface area (Å²) < 4.78 is 14.5. The van der Waals surface area contributed by atoms with Crippen LogP contribution in [0.25, 0.3) is 6.08 Å². The van der Waals surface area contributed by atoms with E-state index in [1.807, 2.05) is 18.2 Å². The normalized spacial score (nSPS) is 24.4. The van der Waals surface area contributed by atoms with Gasteiger partial charge in [-0.3, -0.25) is 0 Å². The van der Waals surface area contributed by atoms with E-state index in [9.17, 15) is 19.4 Å². The fourth-order valence-corrected chi connectivity index (χ4v) is 5.11. The third-order valence-electron chi connectivity index (χ3n) is 5.38. The molecule has 1 aliphatic rings. The van der Waals surface area contributed by atoms with E-state index in [2.05, 4.69) is 0 Å². The number of thiophene rings is 1. The van der Waals surface area contributed by atoms with Gasteiger partial charge in [0.2, 0.25) is 0 Å². The Bertz CT molecular complexity index is 881. The molecule has 0 aliphatic heterocycles. The molecule has 0 spiro atoms. The number of aliphatic hydroxyl groups is 2. The Balaban J connectivity index is 1.63. The maximum absolute atomic E-state index is 14.5. The fourth-order valence-electron chi connectivity index (χ4n) is 3.96. The van der Waals surface area contributed by atoms with Crippen LogP contribution in [0.4, 0.5) is 4.39 Å². The summed E-state index contributed by atoms with van der Waals surface area (Å²) in [6, 6.07) is 8.65.